The van der Waals surface area contributed by atoms with Crippen LogP contribution in [0.2, 0.25) is 0 Å². The Kier molecular flexibility index (Phi) is 8.19. The highest BCUT2D eigenvalue weighted by atomic mass is 19.3. The molecule has 0 heterocycles. The van der Waals surface area contributed by atoms with Gasteiger partial charge in [-0.05, 0) is 61.7 Å². The summed E-state index contributed by atoms with van der Waals surface area (Å²) in [6.45, 7) is 2.43. The number of rotatable bonds is 11. The van der Waals surface area contributed by atoms with Gasteiger partial charge in [-0.1, -0.05) is 18.7 Å². The van der Waals surface area contributed by atoms with Gasteiger partial charge in [0.1, 0.15) is 11.3 Å². The number of anilines is 2. The lowest BCUT2D eigenvalue weighted by molar-refractivity contribution is -0.128. The number of ether oxygens (including phenoxy) is 1. The van der Waals surface area contributed by atoms with E-state index in [-0.39, 0.29) is 23.3 Å². The first-order chi connectivity index (χ1) is 16.8. The molecule has 1 aliphatic carbocycles. The van der Waals surface area contributed by atoms with Gasteiger partial charge < -0.3 is 26.4 Å². The number of hydrogen-bond acceptors (Lipinski definition) is 6. The fourth-order valence-corrected chi connectivity index (χ4v) is 3.29. The first-order valence-corrected chi connectivity index (χ1v) is 10.9. The Morgan fingerprint density at radius 3 is 2.23 bits per heavy atom. The first kappa shape index (κ1) is 25.4. The van der Waals surface area contributed by atoms with Crippen molar-refractivity contribution >= 4 is 29.4 Å². The van der Waals surface area contributed by atoms with Crippen LogP contribution in [0.15, 0.2) is 78.1 Å². The summed E-state index contributed by atoms with van der Waals surface area (Å²) in [6, 6.07) is 13.3. The normalized spacial score (nSPS) is 15.4. The molecule has 8 nitrogen and oxygen atoms in total. The quantitative estimate of drug-likeness (QED) is 0.286. The molecule has 1 atom stereocenters. The molecule has 2 aromatic rings. The minimum Gasteiger partial charge on any atom is -0.435 e. The summed E-state index contributed by atoms with van der Waals surface area (Å²) in [6.07, 6.45) is 4.73. The van der Waals surface area contributed by atoms with Gasteiger partial charge in [0, 0.05) is 30.0 Å². The number of hydrogen-bond donors (Lipinski definition) is 4. The Labute approximate surface area is 202 Å². The topological polar surface area (TPSA) is 118 Å². The molecule has 0 spiro atoms. The van der Waals surface area contributed by atoms with Crippen molar-refractivity contribution in [3.05, 3.63) is 78.6 Å². The second-order valence-corrected chi connectivity index (χ2v) is 7.96. The maximum atomic E-state index is 12.9. The molecule has 0 aromatic heterocycles. The zero-order valence-electron chi connectivity index (χ0n) is 19.1. The second-order valence-electron chi connectivity index (χ2n) is 7.96. The van der Waals surface area contributed by atoms with Crippen LogP contribution < -0.4 is 26.4 Å². The third-order valence-corrected chi connectivity index (χ3v) is 5.42. The fraction of sp³-hybridized carbons (Fsp3) is 0.240. The minimum atomic E-state index is -2.87. The van der Waals surface area contributed by atoms with E-state index >= 15 is 0 Å². The number of carbonyl (C=O) groups is 2. The molecular weight excluding hydrogens is 456 g/mol. The van der Waals surface area contributed by atoms with Gasteiger partial charge in [0.2, 0.25) is 5.91 Å². The summed E-state index contributed by atoms with van der Waals surface area (Å²) in [5, 5.41) is 8.86. The molecule has 1 fully saturated rings. The Hall–Kier alpha value is -4.21. The lowest BCUT2D eigenvalue weighted by Gasteiger charge is -2.21. The van der Waals surface area contributed by atoms with E-state index < -0.39 is 18.1 Å². The van der Waals surface area contributed by atoms with Crippen LogP contribution in [0, 0.1) is 0 Å². The van der Waals surface area contributed by atoms with Crippen molar-refractivity contribution in [1.29, 1.82) is 0 Å². The summed E-state index contributed by atoms with van der Waals surface area (Å²) >= 11 is 0. The van der Waals surface area contributed by atoms with Gasteiger partial charge in [-0.2, -0.15) is 8.78 Å². The van der Waals surface area contributed by atoms with Gasteiger partial charge in [-0.25, -0.2) is 0 Å². The Morgan fingerprint density at radius 1 is 1.11 bits per heavy atom. The van der Waals surface area contributed by atoms with Crippen LogP contribution >= 0.6 is 0 Å². The molecule has 35 heavy (non-hydrogen) atoms. The number of alkyl halides is 2. The summed E-state index contributed by atoms with van der Waals surface area (Å²) < 4.78 is 28.9. The molecule has 0 radical (unpaired) electrons. The average molecular weight is 484 g/mol. The Bertz CT molecular complexity index is 1110. The number of nitrogens with two attached hydrogens (primary N) is 1. The van der Waals surface area contributed by atoms with Crippen molar-refractivity contribution in [2.45, 2.75) is 38.0 Å². The van der Waals surface area contributed by atoms with Crippen LogP contribution in [0.4, 0.5) is 20.2 Å². The second kappa shape index (κ2) is 11.3. The van der Waals surface area contributed by atoms with Gasteiger partial charge in [-0.3, -0.25) is 14.6 Å². The zero-order chi connectivity index (χ0) is 25.4. The lowest BCUT2D eigenvalue weighted by atomic mass is 10.1. The third kappa shape index (κ3) is 6.89. The molecule has 5 N–H and O–H groups in total. The summed E-state index contributed by atoms with van der Waals surface area (Å²) in [5.74, 6) is -0.679. The number of carbonyl (C=O) groups excluding carboxylic acids is 2. The van der Waals surface area contributed by atoms with E-state index in [1.165, 1.54) is 24.5 Å². The molecule has 1 unspecified atom stereocenters. The maximum Gasteiger partial charge on any atom is 0.387 e. The highest BCUT2D eigenvalue weighted by molar-refractivity contribution is 6.13. The highest BCUT2D eigenvalue weighted by Gasteiger charge is 2.51. The molecule has 2 aromatic carbocycles. The van der Waals surface area contributed by atoms with E-state index in [0.29, 0.717) is 18.5 Å². The average Bonchev–Trinajstić information content (AvgIpc) is 3.61. The van der Waals surface area contributed by atoms with Gasteiger partial charge in [-0.15, -0.1) is 0 Å². The summed E-state index contributed by atoms with van der Waals surface area (Å²) in [5.41, 5.74) is 7.00. The van der Waals surface area contributed by atoms with Gasteiger partial charge >= 0.3 is 6.61 Å². The largest absolute Gasteiger partial charge is 0.435 e. The van der Waals surface area contributed by atoms with E-state index in [1.54, 1.807) is 12.1 Å². The smallest absolute Gasteiger partial charge is 0.387 e. The van der Waals surface area contributed by atoms with E-state index in [0.717, 1.165) is 17.5 Å². The van der Waals surface area contributed by atoms with Crippen LogP contribution in [0.3, 0.4) is 0 Å². The molecule has 2 amide bonds. The van der Waals surface area contributed by atoms with Crippen molar-refractivity contribution in [3.63, 3.8) is 0 Å². The van der Waals surface area contributed by atoms with E-state index in [9.17, 15) is 18.4 Å². The number of amides is 2. The number of benzene rings is 2. The van der Waals surface area contributed by atoms with Gasteiger partial charge in [0.15, 0.2) is 0 Å². The standard InChI is InChI=1S/C25H27F2N5O3/c1-3-29-15-18(14-28)22(33)32-25(12-13-25)23(34)30-16(2)17-4-6-19(7-5-17)31-20-8-10-21(11-9-20)35-24(26)27/h3-11,14-16,24,31H,1,12-13,28H2,2H3,(H,30,34)(H,32,33)/b18-14+,29-15?. The molecular formula is C25H27F2N5O3. The van der Waals surface area contributed by atoms with Crippen molar-refractivity contribution in [1.82, 2.24) is 10.6 Å². The molecule has 184 valence electrons. The number of nitrogens with one attached hydrogen (secondary N) is 3. The molecule has 0 saturated heterocycles. The van der Waals surface area contributed by atoms with Crippen molar-refractivity contribution in [3.8, 4) is 5.75 Å². The lowest BCUT2D eigenvalue weighted by Crippen LogP contribution is -2.50. The van der Waals surface area contributed by atoms with E-state index in [2.05, 4.69) is 32.3 Å². The predicted molar refractivity (Wildman–Crippen MR) is 130 cm³/mol. The number of aliphatic imine (C=N–C) groups is 1. The maximum absolute atomic E-state index is 12.9. The molecule has 10 heteroatoms. The monoisotopic (exact) mass is 483 g/mol. The number of nitrogens with zero attached hydrogens (tertiary/aromatic N) is 1. The SMILES string of the molecule is C=CN=C/C(=C\N)C(=O)NC1(C(=O)NC(C)c2ccc(Nc3ccc(OC(F)F)cc3)cc2)CC1. The van der Waals surface area contributed by atoms with Crippen LogP contribution in [0.1, 0.15) is 31.4 Å². The predicted octanol–water partition coefficient (Wildman–Crippen LogP) is 3.91. The molecule has 1 aliphatic rings. The summed E-state index contributed by atoms with van der Waals surface area (Å²) in [7, 11) is 0. The van der Waals surface area contributed by atoms with Crippen LogP contribution in [-0.2, 0) is 9.59 Å². The molecule has 1 saturated carbocycles. The van der Waals surface area contributed by atoms with Crippen LogP contribution in [0.5, 0.6) is 5.75 Å². The third-order valence-electron chi connectivity index (χ3n) is 5.42. The van der Waals surface area contributed by atoms with Crippen LogP contribution in [-0.4, -0.2) is 30.2 Å². The molecule has 0 bridgehead atoms. The molecule has 0 aliphatic heterocycles. The van der Waals surface area contributed by atoms with Crippen molar-refractivity contribution in [2.75, 3.05) is 5.32 Å². The van der Waals surface area contributed by atoms with Crippen molar-refractivity contribution < 1.29 is 23.1 Å². The Balaban J connectivity index is 1.56. The highest BCUT2D eigenvalue weighted by Crippen LogP contribution is 2.36. The molecule has 3 rings (SSSR count). The van der Waals surface area contributed by atoms with E-state index in [4.69, 9.17) is 5.73 Å². The zero-order valence-corrected chi connectivity index (χ0v) is 19.1. The van der Waals surface area contributed by atoms with Crippen molar-refractivity contribution in [2.24, 2.45) is 10.7 Å². The minimum absolute atomic E-state index is 0.0789. The fourth-order valence-electron chi connectivity index (χ4n) is 3.29. The number of halogens is 2. The van der Waals surface area contributed by atoms with Crippen LogP contribution in [0.25, 0.3) is 0 Å². The van der Waals surface area contributed by atoms with Gasteiger partial charge in [0.25, 0.3) is 5.91 Å². The first-order valence-electron chi connectivity index (χ1n) is 10.9. The van der Waals surface area contributed by atoms with E-state index in [1.807, 2.05) is 31.2 Å². The Morgan fingerprint density at radius 2 is 1.71 bits per heavy atom. The van der Waals surface area contributed by atoms with Gasteiger partial charge in [0.05, 0.1) is 11.6 Å². The summed E-state index contributed by atoms with van der Waals surface area (Å²) in [4.78, 5) is 29.1.